The average Bonchev–Trinajstić information content (AvgIpc) is 2.54. The molecule has 0 saturated heterocycles. The van der Waals surface area contributed by atoms with E-state index in [0.29, 0.717) is 18.7 Å². The first-order chi connectivity index (χ1) is 10.2. The summed E-state index contributed by atoms with van der Waals surface area (Å²) in [5.74, 6) is 0.914. The fraction of sp³-hybridized carbons (Fsp3) is 0.588. The van der Waals surface area contributed by atoms with E-state index >= 15 is 0 Å². The second-order valence-corrected chi connectivity index (χ2v) is 5.67. The predicted molar refractivity (Wildman–Crippen MR) is 84.8 cm³/mol. The minimum absolute atomic E-state index is 0.103. The van der Waals surface area contributed by atoms with Gasteiger partial charge in [-0.1, -0.05) is 0 Å². The van der Waals surface area contributed by atoms with Gasteiger partial charge >= 0.3 is 0 Å². The molecule has 1 N–H and O–H groups in total. The van der Waals surface area contributed by atoms with Crippen molar-refractivity contribution in [3.63, 3.8) is 0 Å². The van der Waals surface area contributed by atoms with Crippen LogP contribution in [0.5, 0.6) is 5.75 Å². The SMILES string of the molecule is CCOc1ccc(C(=O)N(C)C2CCC(NC)CC2)cc1. The van der Waals surface area contributed by atoms with Crippen LogP contribution in [0.25, 0.3) is 0 Å². The molecule has 1 aromatic carbocycles. The Balaban J connectivity index is 1.95. The maximum Gasteiger partial charge on any atom is 0.253 e. The van der Waals surface area contributed by atoms with Gasteiger partial charge in [0.2, 0.25) is 0 Å². The first-order valence-electron chi connectivity index (χ1n) is 7.83. The Labute approximate surface area is 127 Å². The summed E-state index contributed by atoms with van der Waals surface area (Å²) in [6.07, 6.45) is 4.43. The van der Waals surface area contributed by atoms with Gasteiger partial charge in [-0.15, -0.1) is 0 Å². The molecule has 0 atom stereocenters. The number of hydrogen-bond acceptors (Lipinski definition) is 3. The van der Waals surface area contributed by atoms with E-state index in [-0.39, 0.29) is 5.91 Å². The van der Waals surface area contributed by atoms with Gasteiger partial charge in [0.05, 0.1) is 6.61 Å². The molecule has 116 valence electrons. The molecule has 1 aliphatic rings. The van der Waals surface area contributed by atoms with Crippen LogP contribution in [-0.2, 0) is 0 Å². The summed E-state index contributed by atoms with van der Waals surface area (Å²) in [5, 5.41) is 3.33. The summed E-state index contributed by atoms with van der Waals surface area (Å²) in [6, 6.07) is 8.39. The molecule has 1 aliphatic carbocycles. The molecule has 0 heterocycles. The molecule has 21 heavy (non-hydrogen) atoms. The molecule has 0 aromatic heterocycles. The normalized spacial score (nSPS) is 21.9. The van der Waals surface area contributed by atoms with Crippen LogP contribution in [0.3, 0.4) is 0 Å². The number of amides is 1. The zero-order chi connectivity index (χ0) is 15.2. The highest BCUT2D eigenvalue weighted by atomic mass is 16.5. The Morgan fingerprint density at radius 3 is 2.38 bits per heavy atom. The highest BCUT2D eigenvalue weighted by Gasteiger charge is 2.26. The number of carbonyl (C=O) groups is 1. The summed E-state index contributed by atoms with van der Waals surface area (Å²) in [7, 11) is 3.93. The predicted octanol–water partition coefficient (Wildman–Crippen LogP) is 2.69. The fourth-order valence-electron chi connectivity index (χ4n) is 2.98. The first-order valence-corrected chi connectivity index (χ1v) is 7.83. The van der Waals surface area contributed by atoms with Crippen molar-refractivity contribution in [3.05, 3.63) is 29.8 Å². The van der Waals surface area contributed by atoms with Crippen molar-refractivity contribution in [2.24, 2.45) is 0 Å². The van der Waals surface area contributed by atoms with Crippen LogP contribution in [0.2, 0.25) is 0 Å². The standard InChI is InChI=1S/C17H26N2O2/c1-4-21-16-11-5-13(6-12-16)17(20)19(3)15-9-7-14(18-2)8-10-15/h5-6,11-12,14-15,18H,4,7-10H2,1-3H3. The quantitative estimate of drug-likeness (QED) is 0.906. The van der Waals surface area contributed by atoms with Crippen molar-refractivity contribution in [2.75, 3.05) is 20.7 Å². The summed E-state index contributed by atoms with van der Waals surface area (Å²) >= 11 is 0. The van der Waals surface area contributed by atoms with Crippen molar-refractivity contribution in [1.82, 2.24) is 10.2 Å². The third kappa shape index (κ3) is 3.97. The number of nitrogens with zero attached hydrogens (tertiary/aromatic N) is 1. The number of benzene rings is 1. The minimum atomic E-state index is 0.103. The first kappa shape index (κ1) is 15.8. The highest BCUT2D eigenvalue weighted by Crippen LogP contribution is 2.24. The lowest BCUT2D eigenvalue weighted by Crippen LogP contribution is -2.42. The van der Waals surface area contributed by atoms with E-state index in [1.54, 1.807) is 0 Å². The smallest absolute Gasteiger partial charge is 0.253 e. The molecule has 4 heteroatoms. The Morgan fingerprint density at radius 2 is 1.86 bits per heavy atom. The number of rotatable bonds is 5. The molecular weight excluding hydrogens is 264 g/mol. The van der Waals surface area contributed by atoms with Gasteiger partial charge < -0.3 is 15.0 Å². The zero-order valence-corrected chi connectivity index (χ0v) is 13.3. The monoisotopic (exact) mass is 290 g/mol. The molecule has 0 aliphatic heterocycles. The summed E-state index contributed by atoms with van der Waals surface area (Å²) in [4.78, 5) is 14.4. The minimum Gasteiger partial charge on any atom is -0.494 e. The third-order valence-electron chi connectivity index (χ3n) is 4.39. The lowest BCUT2D eigenvalue weighted by molar-refractivity contribution is 0.0685. The van der Waals surface area contributed by atoms with Crippen LogP contribution in [0, 0.1) is 0 Å². The van der Waals surface area contributed by atoms with Gasteiger partial charge in [0.1, 0.15) is 5.75 Å². The molecule has 1 aromatic rings. The Morgan fingerprint density at radius 1 is 1.24 bits per heavy atom. The average molecular weight is 290 g/mol. The van der Waals surface area contributed by atoms with Crippen molar-refractivity contribution in [2.45, 2.75) is 44.7 Å². The van der Waals surface area contributed by atoms with Gasteiger partial charge in [0.25, 0.3) is 5.91 Å². The van der Waals surface area contributed by atoms with Crippen LogP contribution in [-0.4, -0.2) is 43.6 Å². The molecule has 0 bridgehead atoms. The van der Waals surface area contributed by atoms with Crippen LogP contribution in [0.4, 0.5) is 0 Å². The number of ether oxygens (including phenoxy) is 1. The molecule has 2 rings (SSSR count). The lowest BCUT2D eigenvalue weighted by atomic mass is 9.90. The number of hydrogen-bond donors (Lipinski definition) is 1. The van der Waals surface area contributed by atoms with Gasteiger partial charge in [-0.2, -0.15) is 0 Å². The third-order valence-corrected chi connectivity index (χ3v) is 4.39. The molecule has 4 nitrogen and oxygen atoms in total. The summed E-state index contributed by atoms with van der Waals surface area (Å²) in [6.45, 7) is 2.59. The molecule has 0 spiro atoms. The Hall–Kier alpha value is -1.55. The fourth-order valence-corrected chi connectivity index (χ4v) is 2.98. The lowest BCUT2D eigenvalue weighted by Gasteiger charge is -2.34. The maximum absolute atomic E-state index is 12.5. The molecule has 1 saturated carbocycles. The van der Waals surface area contributed by atoms with E-state index in [1.807, 2.05) is 50.2 Å². The number of carbonyl (C=O) groups excluding carboxylic acids is 1. The summed E-state index contributed by atoms with van der Waals surface area (Å²) < 4.78 is 5.41. The Bertz CT molecular complexity index is 450. The summed E-state index contributed by atoms with van der Waals surface area (Å²) in [5.41, 5.74) is 0.733. The van der Waals surface area contributed by atoms with Crippen molar-refractivity contribution in [3.8, 4) is 5.75 Å². The van der Waals surface area contributed by atoms with Gasteiger partial charge in [-0.05, 0) is 63.9 Å². The van der Waals surface area contributed by atoms with Crippen LogP contribution in [0.15, 0.2) is 24.3 Å². The molecule has 0 unspecified atom stereocenters. The molecular formula is C17H26N2O2. The zero-order valence-electron chi connectivity index (χ0n) is 13.3. The van der Waals surface area contributed by atoms with E-state index in [0.717, 1.165) is 37.0 Å². The second kappa shape index (κ2) is 7.46. The van der Waals surface area contributed by atoms with E-state index in [1.165, 1.54) is 0 Å². The van der Waals surface area contributed by atoms with Gasteiger partial charge in [-0.25, -0.2) is 0 Å². The Kier molecular flexibility index (Phi) is 5.62. The van der Waals surface area contributed by atoms with Crippen LogP contribution in [0.1, 0.15) is 43.0 Å². The van der Waals surface area contributed by atoms with Crippen molar-refractivity contribution < 1.29 is 9.53 Å². The molecule has 1 fully saturated rings. The van der Waals surface area contributed by atoms with Crippen molar-refractivity contribution in [1.29, 1.82) is 0 Å². The van der Waals surface area contributed by atoms with Gasteiger partial charge in [-0.3, -0.25) is 4.79 Å². The topological polar surface area (TPSA) is 41.6 Å². The van der Waals surface area contributed by atoms with Crippen LogP contribution >= 0.6 is 0 Å². The number of nitrogens with one attached hydrogen (secondary N) is 1. The molecule has 0 radical (unpaired) electrons. The van der Waals surface area contributed by atoms with E-state index in [9.17, 15) is 4.79 Å². The van der Waals surface area contributed by atoms with Crippen molar-refractivity contribution >= 4 is 5.91 Å². The van der Waals surface area contributed by atoms with E-state index in [2.05, 4.69) is 5.32 Å². The van der Waals surface area contributed by atoms with E-state index in [4.69, 9.17) is 4.74 Å². The second-order valence-electron chi connectivity index (χ2n) is 5.67. The van der Waals surface area contributed by atoms with Gasteiger partial charge in [0.15, 0.2) is 0 Å². The largest absolute Gasteiger partial charge is 0.494 e. The maximum atomic E-state index is 12.5. The van der Waals surface area contributed by atoms with Gasteiger partial charge in [0, 0.05) is 24.7 Å². The highest BCUT2D eigenvalue weighted by molar-refractivity contribution is 5.94. The van der Waals surface area contributed by atoms with Crippen LogP contribution < -0.4 is 10.1 Å². The van der Waals surface area contributed by atoms with E-state index < -0.39 is 0 Å². The molecule has 1 amide bonds.